The Bertz CT molecular complexity index is 322. The lowest BCUT2D eigenvalue weighted by molar-refractivity contribution is 0.357. The summed E-state index contributed by atoms with van der Waals surface area (Å²) in [5.74, 6) is 1.06. The van der Waals surface area contributed by atoms with Crippen LogP contribution in [0.15, 0.2) is 18.2 Å². The SMILES string of the molecule is CCC(C)Nc1ccc2c(c1)CCO2. The first-order valence-corrected chi connectivity index (χ1v) is 5.32. The van der Waals surface area contributed by atoms with Gasteiger partial charge in [-0.15, -0.1) is 0 Å². The molecule has 0 fully saturated rings. The maximum Gasteiger partial charge on any atom is 0.122 e. The monoisotopic (exact) mass is 191 g/mol. The second-order valence-electron chi connectivity index (χ2n) is 3.87. The van der Waals surface area contributed by atoms with E-state index in [0.717, 1.165) is 25.2 Å². The van der Waals surface area contributed by atoms with E-state index in [1.165, 1.54) is 11.3 Å². The fraction of sp³-hybridized carbons (Fsp3) is 0.500. The van der Waals surface area contributed by atoms with Crippen LogP contribution in [0.1, 0.15) is 25.8 Å². The summed E-state index contributed by atoms with van der Waals surface area (Å²) in [5, 5.41) is 3.47. The van der Waals surface area contributed by atoms with Crippen molar-refractivity contribution >= 4 is 5.69 Å². The van der Waals surface area contributed by atoms with Crippen LogP contribution in [-0.4, -0.2) is 12.6 Å². The molecule has 1 aromatic rings. The van der Waals surface area contributed by atoms with Crippen LogP contribution in [0.4, 0.5) is 5.69 Å². The summed E-state index contributed by atoms with van der Waals surface area (Å²) in [6, 6.07) is 6.90. The van der Waals surface area contributed by atoms with E-state index in [4.69, 9.17) is 4.74 Å². The van der Waals surface area contributed by atoms with Gasteiger partial charge in [0.2, 0.25) is 0 Å². The Hall–Kier alpha value is -1.18. The van der Waals surface area contributed by atoms with Crippen molar-refractivity contribution in [3.8, 4) is 5.75 Å². The maximum absolute atomic E-state index is 5.46. The van der Waals surface area contributed by atoms with Crippen LogP contribution in [0.25, 0.3) is 0 Å². The second-order valence-corrected chi connectivity index (χ2v) is 3.87. The molecule has 0 saturated heterocycles. The van der Waals surface area contributed by atoms with Crippen molar-refractivity contribution in [3.63, 3.8) is 0 Å². The predicted molar refractivity (Wildman–Crippen MR) is 59.0 cm³/mol. The van der Waals surface area contributed by atoms with E-state index >= 15 is 0 Å². The zero-order valence-electron chi connectivity index (χ0n) is 8.84. The first kappa shape index (κ1) is 9.38. The lowest BCUT2D eigenvalue weighted by Crippen LogP contribution is -2.13. The number of anilines is 1. The molecular formula is C12H17NO. The van der Waals surface area contributed by atoms with Crippen molar-refractivity contribution in [1.82, 2.24) is 0 Å². The van der Waals surface area contributed by atoms with Crippen molar-refractivity contribution < 1.29 is 4.74 Å². The van der Waals surface area contributed by atoms with Gasteiger partial charge in [-0.25, -0.2) is 0 Å². The van der Waals surface area contributed by atoms with Gasteiger partial charge in [-0.1, -0.05) is 6.92 Å². The molecule has 14 heavy (non-hydrogen) atoms. The van der Waals surface area contributed by atoms with Crippen LogP contribution >= 0.6 is 0 Å². The molecule has 1 N–H and O–H groups in total. The number of hydrogen-bond acceptors (Lipinski definition) is 2. The highest BCUT2D eigenvalue weighted by Crippen LogP contribution is 2.28. The van der Waals surface area contributed by atoms with Gasteiger partial charge in [0.25, 0.3) is 0 Å². The summed E-state index contributed by atoms with van der Waals surface area (Å²) >= 11 is 0. The molecule has 0 spiro atoms. The quantitative estimate of drug-likeness (QED) is 0.793. The van der Waals surface area contributed by atoms with E-state index in [1.54, 1.807) is 0 Å². The van der Waals surface area contributed by atoms with Gasteiger partial charge >= 0.3 is 0 Å². The molecule has 1 aromatic carbocycles. The molecule has 1 aliphatic rings. The van der Waals surface area contributed by atoms with Crippen LogP contribution in [0.3, 0.4) is 0 Å². The summed E-state index contributed by atoms with van der Waals surface area (Å²) in [6.45, 7) is 5.22. The number of nitrogens with one attached hydrogen (secondary N) is 1. The molecule has 2 heteroatoms. The number of ether oxygens (including phenoxy) is 1. The van der Waals surface area contributed by atoms with E-state index in [9.17, 15) is 0 Å². The van der Waals surface area contributed by atoms with Gasteiger partial charge in [0.15, 0.2) is 0 Å². The van der Waals surface area contributed by atoms with Crippen LogP contribution in [0.2, 0.25) is 0 Å². The molecule has 0 saturated carbocycles. The van der Waals surface area contributed by atoms with Crippen molar-refractivity contribution in [2.45, 2.75) is 32.7 Å². The van der Waals surface area contributed by atoms with Crippen LogP contribution in [0.5, 0.6) is 5.75 Å². The van der Waals surface area contributed by atoms with Gasteiger partial charge in [0.05, 0.1) is 6.61 Å². The zero-order valence-corrected chi connectivity index (χ0v) is 8.84. The van der Waals surface area contributed by atoms with Crippen molar-refractivity contribution in [3.05, 3.63) is 23.8 Å². The molecule has 0 aliphatic carbocycles. The normalized spacial score (nSPS) is 15.9. The van der Waals surface area contributed by atoms with E-state index < -0.39 is 0 Å². The first-order chi connectivity index (χ1) is 6.79. The van der Waals surface area contributed by atoms with Gasteiger partial charge in [-0.3, -0.25) is 0 Å². The Morgan fingerprint density at radius 3 is 3.14 bits per heavy atom. The van der Waals surface area contributed by atoms with Gasteiger partial charge in [0.1, 0.15) is 5.75 Å². The van der Waals surface area contributed by atoms with E-state index in [2.05, 4.69) is 37.4 Å². The Labute approximate surface area is 85.3 Å². The van der Waals surface area contributed by atoms with Crippen molar-refractivity contribution in [2.24, 2.45) is 0 Å². The van der Waals surface area contributed by atoms with Gasteiger partial charge in [0, 0.05) is 18.2 Å². The average molecular weight is 191 g/mol. The lowest BCUT2D eigenvalue weighted by atomic mass is 10.1. The minimum Gasteiger partial charge on any atom is -0.493 e. The molecule has 76 valence electrons. The lowest BCUT2D eigenvalue weighted by Gasteiger charge is -2.13. The van der Waals surface area contributed by atoms with Crippen LogP contribution < -0.4 is 10.1 Å². The first-order valence-electron chi connectivity index (χ1n) is 5.32. The summed E-state index contributed by atoms with van der Waals surface area (Å²) in [7, 11) is 0. The zero-order chi connectivity index (χ0) is 9.97. The molecule has 2 nitrogen and oxygen atoms in total. The summed E-state index contributed by atoms with van der Waals surface area (Å²) in [4.78, 5) is 0. The number of hydrogen-bond donors (Lipinski definition) is 1. The molecule has 1 heterocycles. The topological polar surface area (TPSA) is 21.3 Å². The molecule has 0 radical (unpaired) electrons. The van der Waals surface area contributed by atoms with E-state index in [-0.39, 0.29) is 0 Å². The molecule has 0 aromatic heterocycles. The molecule has 1 aliphatic heterocycles. The van der Waals surface area contributed by atoms with Crippen molar-refractivity contribution in [2.75, 3.05) is 11.9 Å². The summed E-state index contributed by atoms with van der Waals surface area (Å²) < 4.78 is 5.46. The fourth-order valence-electron chi connectivity index (χ4n) is 1.66. The van der Waals surface area contributed by atoms with Crippen LogP contribution in [-0.2, 0) is 6.42 Å². The molecule has 0 amide bonds. The number of fused-ring (bicyclic) bond motifs is 1. The molecule has 1 atom stereocenters. The number of rotatable bonds is 3. The van der Waals surface area contributed by atoms with Gasteiger partial charge in [-0.05, 0) is 37.1 Å². The molecule has 0 bridgehead atoms. The predicted octanol–water partition coefficient (Wildman–Crippen LogP) is 2.83. The molecular weight excluding hydrogens is 174 g/mol. The fourth-order valence-corrected chi connectivity index (χ4v) is 1.66. The Kier molecular flexibility index (Phi) is 2.62. The van der Waals surface area contributed by atoms with Gasteiger partial charge < -0.3 is 10.1 Å². The second kappa shape index (κ2) is 3.91. The van der Waals surface area contributed by atoms with Gasteiger partial charge in [-0.2, -0.15) is 0 Å². The number of benzene rings is 1. The minimum atomic E-state index is 0.537. The third kappa shape index (κ3) is 1.84. The molecule has 2 rings (SSSR count). The smallest absolute Gasteiger partial charge is 0.122 e. The molecule has 1 unspecified atom stereocenters. The summed E-state index contributed by atoms with van der Waals surface area (Å²) in [6.07, 6.45) is 2.19. The van der Waals surface area contributed by atoms with Crippen molar-refractivity contribution in [1.29, 1.82) is 0 Å². The standard InChI is InChI=1S/C12H17NO/c1-3-9(2)13-11-4-5-12-10(8-11)6-7-14-12/h4-5,8-9,13H,3,6-7H2,1-2H3. The van der Waals surface area contributed by atoms with Crippen LogP contribution in [0, 0.1) is 0 Å². The van der Waals surface area contributed by atoms with E-state index in [0.29, 0.717) is 6.04 Å². The highest BCUT2D eigenvalue weighted by molar-refractivity contribution is 5.52. The van der Waals surface area contributed by atoms with E-state index in [1.807, 2.05) is 0 Å². The Balaban J connectivity index is 2.12. The Morgan fingerprint density at radius 1 is 1.50 bits per heavy atom. The largest absolute Gasteiger partial charge is 0.493 e. The minimum absolute atomic E-state index is 0.537. The third-order valence-corrected chi connectivity index (χ3v) is 2.71. The average Bonchev–Trinajstić information content (AvgIpc) is 2.64. The highest BCUT2D eigenvalue weighted by Gasteiger charge is 2.12. The Morgan fingerprint density at radius 2 is 2.36 bits per heavy atom. The maximum atomic E-state index is 5.46. The highest BCUT2D eigenvalue weighted by atomic mass is 16.5. The summed E-state index contributed by atoms with van der Waals surface area (Å²) in [5.41, 5.74) is 2.54. The third-order valence-electron chi connectivity index (χ3n) is 2.71.